The predicted octanol–water partition coefficient (Wildman–Crippen LogP) is 3.74. The Kier molecular flexibility index (Phi) is 7.09. The van der Waals surface area contributed by atoms with Crippen molar-refractivity contribution in [3.8, 4) is 5.75 Å². The van der Waals surface area contributed by atoms with E-state index in [1.165, 1.54) is 0 Å². The average molecular weight is 348 g/mol. The zero-order chi connectivity index (χ0) is 17.4. The lowest BCUT2D eigenvalue weighted by molar-refractivity contribution is -0.128. The maximum absolute atomic E-state index is 12.4. The first-order valence-electron chi connectivity index (χ1n) is 7.98. The van der Waals surface area contributed by atoms with Crippen LogP contribution in [0.4, 0.5) is 0 Å². The maximum atomic E-state index is 12.4. The van der Waals surface area contributed by atoms with E-state index in [-0.39, 0.29) is 18.6 Å². The number of rotatable bonds is 8. The van der Waals surface area contributed by atoms with Gasteiger partial charge in [-0.15, -0.1) is 0 Å². The normalized spacial score (nSPS) is 13.1. The van der Waals surface area contributed by atoms with Crippen molar-refractivity contribution in [2.24, 2.45) is 0 Å². The topological polar surface area (TPSA) is 58.6 Å². The molecule has 0 fully saturated rings. The van der Waals surface area contributed by atoms with Gasteiger partial charge in [-0.2, -0.15) is 0 Å². The third kappa shape index (κ3) is 5.55. The number of amides is 1. The summed E-state index contributed by atoms with van der Waals surface area (Å²) in [6.07, 6.45) is 0.628. The van der Waals surface area contributed by atoms with E-state index in [2.05, 4.69) is 5.32 Å². The first kappa shape index (κ1) is 18.3. The number of aliphatic hydroxyl groups is 1. The van der Waals surface area contributed by atoms with Gasteiger partial charge in [0.25, 0.3) is 5.91 Å². The summed E-state index contributed by atoms with van der Waals surface area (Å²) in [4.78, 5) is 12.4. The molecule has 2 N–H and O–H groups in total. The number of halogens is 1. The average Bonchev–Trinajstić information content (AvgIpc) is 2.59. The Morgan fingerprint density at radius 1 is 1.21 bits per heavy atom. The van der Waals surface area contributed by atoms with Crippen molar-refractivity contribution < 1.29 is 14.6 Å². The molecule has 5 heteroatoms. The monoisotopic (exact) mass is 347 g/mol. The van der Waals surface area contributed by atoms with E-state index in [1.54, 1.807) is 31.2 Å². The third-order valence-corrected chi connectivity index (χ3v) is 3.88. The molecule has 0 saturated heterocycles. The number of ether oxygens (including phenoxy) is 1. The van der Waals surface area contributed by atoms with Crippen molar-refractivity contribution in [3.05, 3.63) is 65.2 Å². The highest BCUT2D eigenvalue weighted by Crippen LogP contribution is 2.20. The fourth-order valence-corrected chi connectivity index (χ4v) is 2.57. The van der Waals surface area contributed by atoms with Gasteiger partial charge in [0.05, 0.1) is 6.04 Å². The molecule has 0 aliphatic carbocycles. The molecule has 0 heterocycles. The Hall–Kier alpha value is -2.04. The molecule has 2 atom stereocenters. The van der Waals surface area contributed by atoms with Gasteiger partial charge in [0.1, 0.15) is 5.75 Å². The zero-order valence-electron chi connectivity index (χ0n) is 13.6. The second-order valence-corrected chi connectivity index (χ2v) is 5.99. The van der Waals surface area contributed by atoms with Gasteiger partial charge in [-0.1, -0.05) is 48.0 Å². The summed E-state index contributed by atoms with van der Waals surface area (Å²) in [5, 5.41) is 12.6. The van der Waals surface area contributed by atoms with Crippen LogP contribution in [-0.2, 0) is 4.79 Å². The molecule has 2 aromatic carbocycles. The van der Waals surface area contributed by atoms with Gasteiger partial charge in [-0.3, -0.25) is 4.79 Å². The molecule has 2 aromatic rings. The number of hydrogen-bond acceptors (Lipinski definition) is 3. The Morgan fingerprint density at radius 3 is 2.62 bits per heavy atom. The summed E-state index contributed by atoms with van der Waals surface area (Å²) < 4.78 is 5.65. The molecule has 0 radical (unpaired) electrons. The summed E-state index contributed by atoms with van der Waals surface area (Å²) in [6.45, 7) is 1.79. The first-order chi connectivity index (χ1) is 11.6. The summed E-state index contributed by atoms with van der Waals surface area (Å²) in [6, 6.07) is 16.5. The largest absolute Gasteiger partial charge is 0.481 e. The molecule has 0 bridgehead atoms. The number of carbonyl (C=O) groups excluding carboxylic acids is 1. The van der Waals surface area contributed by atoms with Crippen LogP contribution in [-0.4, -0.2) is 23.7 Å². The van der Waals surface area contributed by atoms with E-state index in [9.17, 15) is 4.79 Å². The van der Waals surface area contributed by atoms with E-state index in [4.69, 9.17) is 21.4 Å². The van der Waals surface area contributed by atoms with Gasteiger partial charge in [-0.25, -0.2) is 0 Å². The van der Waals surface area contributed by atoms with Crippen LogP contribution in [0, 0.1) is 0 Å². The lowest BCUT2D eigenvalue weighted by Gasteiger charge is -2.22. The lowest BCUT2D eigenvalue weighted by atomic mass is 10.0. The molecule has 2 unspecified atom stereocenters. The van der Waals surface area contributed by atoms with Crippen molar-refractivity contribution in [2.75, 3.05) is 6.61 Å². The minimum absolute atomic E-state index is 0.0910. The summed E-state index contributed by atoms with van der Waals surface area (Å²) in [7, 11) is 0. The quantitative estimate of drug-likeness (QED) is 0.764. The van der Waals surface area contributed by atoms with Gasteiger partial charge < -0.3 is 15.2 Å². The maximum Gasteiger partial charge on any atom is 0.261 e. The fraction of sp³-hybridized carbons (Fsp3) is 0.316. The second kappa shape index (κ2) is 9.30. The van der Waals surface area contributed by atoms with E-state index < -0.39 is 6.10 Å². The molecule has 4 nitrogen and oxygen atoms in total. The molecule has 128 valence electrons. The summed E-state index contributed by atoms with van der Waals surface area (Å²) in [5.41, 5.74) is 1.01. The van der Waals surface area contributed by atoms with Crippen LogP contribution in [0.5, 0.6) is 5.75 Å². The van der Waals surface area contributed by atoms with Gasteiger partial charge in [-0.05, 0) is 43.5 Å². The number of aliphatic hydroxyl groups excluding tert-OH is 1. The molecule has 0 aliphatic rings. The van der Waals surface area contributed by atoms with Crippen molar-refractivity contribution in [3.63, 3.8) is 0 Å². The van der Waals surface area contributed by atoms with Crippen molar-refractivity contribution >= 4 is 17.5 Å². The molecule has 0 saturated carbocycles. The van der Waals surface area contributed by atoms with Crippen LogP contribution in [0.25, 0.3) is 0 Å². The van der Waals surface area contributed by atoms with Gasteiger partial charge in [0, 0.05) is 11.6 Å². The van der Waals surface area contributed by atoms with E-state index in [1.807, 2.05) is 30.3 Å². The smallest absolute Gasteiger partial charge is 0.261 e. The highest BCUT2D eigenvalue weighted by Gasteiger charge is 2.20. The lowest BCUT2D eigenvalue weighted by Crippen LogP contribution is -2.38. The van der Waals surface area contributed by atoms with Crippen molar-refractivity contribution in [2.45, 2.75) is 31.9 Å². The molecule has 0 aromatic heterocycles. The predicted molar refractivity (Wildman–Crippen MR) is 95.2 cm³/mol. The molecule has 1 amide bonds. The van der Waals surface area contributed by atoms with Crippen molar-refractivity contribution in [1.82, 2.24) is 5.32 Å². The highest BCUT2D eigenvalue weighted by molar-refractivity contribution is 6.30. The minimum Gasteiger partial charge on any atom is -0.481 e. The van der Waals surface area contributed by atoms with Crippen LogP contribution >= 0.6 is 11.6 Å². The van der Waals surface area contributed by atoms with E-state index in [0.29, 0.717) is 23.6 Å². The summed E-state index contributed by atoms with van der Waals surface area (Å²) in [5.74, 6) is 0.346. The molecule has 0 aliphatic heterocycles. The van der Waals surface area contributed by atoms with Crippen molar-refractivity contribution in [1.29, 1.82) is 0 Å². The van der Waals surface area contributed by atoms with E-state index in [0.717, 1.165) is 5.56 Å². The standard InChI is InChI=1S/C19H22ClNO3/c1-14(24-17-10-5-9-16(20)13-17)19(23)21-18(11-6-12-22)15-7-3-2-4-8-15/h2-5,7-10,13-14,18,22H,6,11-12H2,1H3,(H,21,23). The highest BCUT2D eigenvalue weighted by atomic mass is 35.5. The van der Waals surface area contributed by atoms with Gasteiger partial charge in [0.15, 0.2) is 6.10 Å². The Balaban J connectivity index is 2.01. The minimum atomic E-state index is -0.649. The number of carbonyl (C=O) groups is 1. The van der Waals surface area contributed by atoms with Crippen LogP contribution in [0.15, 0.2) is 54.6 Å². The molecule has 2 rings (SSSR count). The number of nitrogens with one attached hydrogen (secondary N) is 1. The molecule has 24 heavy (non-hydrogen) atoms. The number of benzene rings is 2. The van der Waals surface area contributed by atoms with Gasteiger partial charge in [0.2, 0.25) is 0 Å². The van der Waals surface area contributed by atoms with Gasteiger partial charge >= 0.3 is 0 Å². The molecular formula is C19H22ClNO3. The number of hydrogen-bond donors (Lipinski definition) is 2. The Labute approximate surface area is 147 Å². The summed E-state index contributed by atoms with van der Waals surface area (Å²) >= 11 is 5.93. The molecular weight excluding hydrogens is 326 g/mol. The second-order valence-electron chi connectivity index (χ2n) is 5.56. The fourth-order valence-electron chi connectivity index (χ4n) is 2.39. The first-order valence-corrected chi connectivity index (χ1v) is 8.36. The van der Waals surface area contributed by atoms with Crippen LogP contribution in [0.1, 0.15) is 31.4 Å². The van der Waals surface area contributed by atoms with E-state index >= 15 is 0 Å². The third-order valence-electron chi connectivity index (χ3n) is 3.65. The Morgan fingerprint density at radius 2 is 1.96 bits per heavy atom. The SMILES string of the molecule is CC(Oc1cccc(Cl)c1)C(=O)NC(CCCO)c1ccccc1. The zero-order valence-corrected chi connectivity index (χ0v) is 14.4. The van der Waals surface area contributed by atoms with Crippen LogP contribution in [0.3, 0.4) is 0 Å². The van der Waals surface area contributed by atoms with Crippen LogP contribution in [0.2, 0.25) is 5.02 Å². The van der Waals surface area contributed by atoms with Crippen LogP contribution < -0.4 is 10.1 Å². The Bertz CT molecular complexity index is 648. The molecule has 0 spiro atoms.